The van der Waals surface area contributed by atoms with Crippen molar-refractivity contribution in [2.45, 2.75) is 32.8 Å². The molecule has 3 nitrogen and oxygen atoms in total. The molecule has 1 rings (SSSR count). The molecule has 1 aromatic carbocycles. The zero-order valence-electron chi connectivity index (χ0n) is 10.2. The van der Waals surface area contributed by atoms with Crippen molar-refractivity contribution in [3.05, 3.63) is 28.8 Å². The molecule has 0 saturated carbocycles. The lowest BCUT2D eigenvalue weighted by molar-refractivity contribution is 0.151. The third-order valence-electron chi connectivity index (χ3n) is 2.78. The lowest BCUT2D eigenvalue weighted by atomic mass is 9.97. The summed E-state index contributed by atoms with van der Waals surface area (Å²) in [7, 11) is 1.64. The van der Waals surface area contributed by atoms with E-state index in [2.05, 4.69) is 0 Å². The van der Waals surface area contributed by atoms with Gasteiger partial charge in [-0.05, 0) is 55.5 Å². The third kappa shape index (κ3) is 2.97. The summed E-state index contributed by atoms with van der Waals surface area (Å²) in [6.45, 7) is 4.03. The van der Waals surface area contributed by atoms with Crippen LogP contribution in [0.1, 0.15) is 35.6 Å². The van der Waals surface area contributed by atoms with E-state index in [9.17, 15) is 5.11 Å². The summed E-state index contributed by atoms with van der Waals surface area (Å²) in [4.78, 5) is 0. The van der Waals surface area contributed by atoms with E-state index in [0.717, 1.165) is 22.4 Å². The molecule has 0 saturated heterocycles. The normalized spacial score (nSPS) is 12.6. The minimum atomic E-state index is -0.503. The Labute approximate surface area is 96.7 Å². The van der Waals surface area contributed by atoms with Gasteiger partial charge in [0.2, 0.25) is 0 Å². The van der Waals surface area contributed by atoms with Gasteiger partial charge in [-0.1, -0.05) is 0 Å². The second-order valence-corrected chi connectivity index (χ2v) is 4.06. The van der Waals surface area contributed by atoms with Crippen LogP contribution in [0.5, 0.6) is 5.75 Å². The molecule has 0 spiro atoms. The Morgan fingerprint density at radius 1 is 1.25 bits per heavy atom. The zero-order chi connectivity index (χ0) is 12.1. The smallest absolute Gasteiger partial charge is 0.122 e. The molecule has 2 N–H and O–H groups in total. The Hall–Kier alpha value is -1.06. The molecule has 0 aliphatic carbocycles. The Bertz CT molecular complexity index is 347. The molecular formula is C13H20O3. The summed E-state index contributed by atoms with van der Waals surface area (Å²) in [5.41, 5.74) is 2.96. The summed E-state index contributed by atoms with van der Waals surface area (Å²) >= 11 is 0. The summed E-state index contributed by atoms with van der Waals surface area (Å²) < 4.78 is 5.22. The van der Waals surface area contributed by atoms with Gasteiger partial charge in [0.1, 0.15) is 5.75 Å². The number of aliphatic hydroxyl groups is 2. The summed E-state index contributed by atoms with van der Waals surface area (Å²) in [6, 6.07) is 3.89. The first-order chi connectivity index (χ1) is 7.60. The van der Waals surface area contributed by atoms with E-state index in [1.54, 1.807) is 7.11 Å². The SMILES string of the molecule is COc1cc(C)c(C(O)CCCO)cc1C. The number of aryl methyl sites for hydroxylation is 2. The Balaban J connectivity index is 2.92. The van der Waals surface area contributed by atoms with Crippen molar-refractivity contribution in [1.29, 1.82) is 0 Å². The van der Waals surface area contributed by atoms with Gasteiger partial charge in [0.25, 0.3) is 0 Å². The van der Waals surface area contributed by atoms with Gasteiger partial charge < -0.3 is 14.9 Å². The lowest BCUT2D eigenvalue weighted by Crippen LogP contribution is -2.03. The Kier molecular flexibility index (Phi) is 4.77. The van der Waals surface area contributed by atoms with Gasteiger partial charge in [-0.3, -0.25) is 0 Å². The van der Waals surface area contributed by atoms with Gasteiger partial charge in [0.05, 0.1) is 13.2 Å². The van der Waals surface area contributed by atoms with Crippen LogP contribution in [0.2, 0.25) is 0 Å². The molecule has 0 aliphatic heterocycles. The van der Waals surface area contributed by atoms with Crippen LogP contribution >= 0.6 is 0 Å². The minimum absolute atomic E-state index is 0.116. The number of aliphatic hydroxyl groups excluding tert-OH is 2. The average Bonchev–Trinajstić information content (AvgIpc) is 2.28. The highest BCUT2D eigenvalue weighted by molar-refractivity contribution is 5.42. The monoisotopic (exact) mass is 224 g/mol. The Morgan fingerprint density at radius 3 is 2.50 bits per heavy atom. The van der Waals surface area contributed by atoms with E-state index in [-0.39, 0.29) is 6.61 Å². The number of rotatable bonds is 5. The lowest BCUT2D eigenvalue weighted by Gasteiger charge is -2.16. The van der Waals surface area contributed by atoms with Crippen LogP contribution < -0.4 is 4.74 Å². The molecule has 0 aliphatic rings. The first-order valence-electron chi connectivity index (χ1n) is 5.54. The summed E-state index contributed by atoms with van der Waals surface area (Å²) in [5, 5.41) is 18.7. The fraction of sp³-hybridized carbons (Fsp3) is 0.538. The zero-order valence-corrected chi connectivity index (χ0v) is 10.2. The molecule has 16 heavy (non-hydrogen) atoms. The van der Waals surface area contributed by atoms with Gasteiger partial charge in [-0.2, -0.15) is 0 Å². The number of ether oxygens (including phenoxy) is 1. The van der Waals surface area contributed by atoms with E-state index in [4.69, 9.17) is 9.84 Å². The number of hydrogen-bond donors (Lipinski definition) is 2. The van der Waals surface area contributed by atoms with Gasteiger partial charge in [-0.15, -0.1) is 0 Å². The maximum absolute atomic E-state index is 9.97. The minimum Gasteiger partial charge on any atom is -0.496 e. The molecule has 0 radical (unpaired) electrons. The predicted octanol–water partition coefficient (Wildman–Crippen LogP) is 2.12. The van der Waals surface area contributed by atoms with Crippen LogP contribution in [0, 0.1) is 13.8 Å². The van der Waals surface area contributed by atoms with Crippen molar-refractivity contribution in [3.63, 3.8) is 0 Å². The Morgan fingerprint density at radius 2 is 1.94 bits per heavy atom. The average molecular weight is 224 g/mol. The largest absolute Gasteiger partial charge is 0.496 e. The quantitative estimate of drug-likeness (QED) is 0.805. The van der Waals surface area contributed by atoms with Gasteiger partial charge in [-0.25, -0.2) is 0 Å². The molecule has 0 aromatic heterocycles. The molecule has 0 amide bonds. The highest BCUT2D eigenvalue weighted by Gasteiger charge is 2.12. The molecule has 1 aromatic rings. The molecule has 3 heteroatoms. The van der Waals surface area contributed by atoms with E-state index < -0.39 is 6.10 Å². The summed E-state index contributed by atoms with van der Waals surface area (Å²) in [5.74, 6) is 0.843. The van der Waals surface area contributed by atoms with Crippen LogP contribution in [0.25, 0.3) is 0 Å². The van der Waals surface area contributed by atoms with Crippen LogP contribution in [-0.4, -0.2) is 23.9 Å². The molecule has 1 unspecified atom stereocenters. The van der Waals surface area contributed by atoms with Crippen molar-refractivity contribution in [1.82, 2.24) is 0 Å². The van der Waals surface area contributed by atoms with Crippen LogP contribution in [-0.2, 0) is 0 Å². The van der Waals surface area contributed by atoms with E-state index >= 15 is 0 Å². The van der Waals surface area contributed by atoms with E-state index in [1.807, 2.05) is 26.0 Å². The van der Waals surface area contributed by atoms with Crippen molar-refractivity contribution in [2.24, 2.45) is 0 Å². The molecular weight excluding hydrogens is 204 g/mol. The second-order valence-electron chi connectivity index (χ2n) is 4.06. The van der Waals surface area contributed by atoms with E-state index in [0.29, 0.717) is 12.8 Å². The standard InChI is InChI=1S/C13H20O3/c1-9-8-13(16-3)10(2)7-11(9)12(15)5-4-6-14/h7-8,12,14-15H,4-6H2,1-3H3. The van der Waals surface area contributed by atoms with Crippen molar-refractivity contribution < 1.29 is 14.9 Å². The van der Waals surface area contributed by atoms with Crippen molar-refractivity contribution >= 4 is 0 Å². The highest BCUT2D eigenvalue weighted by atomic mass is 16.5. The topological polar surface area (TPSA) is 49.7 Å². The van der Waals surface area contributed by atoms with Crippen LogP contribution in [0.3, 0.4) is 0 Å². The maximum atomic E-state index is 9.97. The second kappa shape index (κ2) is 5.87. The molecule has 0 heterocycles. The van der Waals surface area contributed by atoms with Gasteiger partial charge in [0.15, 0.2) is 0 Å². The number of hydrogen-bond acceptors (Lipinski definition) is 3. The fourth-order valence-corrected chi connectivity index (χ4v) is 1.83. The maximum Gasteiger partial charge on any atom is 0.122 e. The van der Waals surface area contributed by atoms with E-state index in [1.165, 1.54) is 0 Å². The third-order valence-corrected chi connectivity index (χ3v) is 2.78. The molecule has 0 bridgehead atoms. The number of methoxy groups -OCH3 is 1. The van der Waals surface area contributed by atoms with Crippen molar-refractivity contribution in [3.8, 4) is 5.75 Å². The van der Waals surface area contributed by atoms with Gasteiger partial charge >= 0.3 is 0 Å². The summed E-state index contributed by atoms with van der Waals surface area (Å²) in [6.07, 6.45) is 0.700. The highest BCUT2D eigenvalue weighted by Crippen LogP contribution is 2.28. The molecule has 1 atom stereocenters. The molecule has 0 fully saturated rings. The van der Waals surface area contributed by atoms with Gasteiger partial charge in [0, 0.05) is 6.61 Å². The molecule has 90 valence electrons. The first-order valence-corrected chi connectivity index (χ1v) is 5.54. The van der Waals surface area contributed by atoms with Crippen LogP contribution in [0.4, 0.5) is 0 Å². The predicted molar refractivity (Wildman–Crippen MR) is 63.7 cm³/mol. The number of benzene rings is 1. The fourth-order valence-electron chi connectivity index (χ4n) is 1.83. The van der Waals surface area contributed by atoms with Crippen molar-refractivity contribution in [2.75, 3.05) is 13.7 Å². The first kappa shape index (κ1) is 13.0. The van der Waals surface area contributed by atoms with Crippen LogP contribution in [0.15, 0.2) is 12.1 Å².